The number of ketones is 1. The molecule has 0 saturated carbocycles. The Balaban J connectivity index is -0.000000563. The first kappa shape index (κ1) is 35.5. The lowest BCUT2D eigenvalue weighted by Crippen LogP contribution is -2.08. The molecule has 190 valence electrons. The zero-order chi connectivity index (χ0) is 20.8. The predicted octanol–water partition coefficient (Wildman–Crippen LogP) is 8.57. The van der Waals surface area contributed by atoms with Crippen molar-refractivity contribution in [3.05, 3.63) is 59.7 Å². The number of H-pyrrole nitrogens is 1. The van der Waals surface area contributed by atoms with E-state index in [9.17, 15) is 4.79 Å². The number of rotatable bonds is 5. The van der Waals surface area contributed by atoms with Crippen LogP contribution >= 0.6 is 11.3 Å². The second kappa shape index (κ2) is 16.5. The summed E-state index contributed by atoms with van der Waals surface area (Å²) in [6, 6.07) is 11.9. The first-order chi connectivity index (χ1) is 14.0. The number of carbonyl (C=O) groups is 1. The summed E-state index contributed by atoms with van der Waals surface area (Å²) in [4.78, 5) is 21.5. The molecule has 1 aromatic carbocycles. The Kier molecular flexibility index (Phi) is 17.3. The molecule has 0 aliphatic rings. The van der Waals surface area contributed by atoms with Gasteiger partial charge in [0.1, 0.15) is 5.69 Å². The lowest BCUT2D eigenvalue weighted by molar-refractivity contribution is 0.0939. The van der Waals surface area contributed by atoms with Crippen LogP contribution in [-0.4, -0.2) is 32.1 Å². The highest BCUT2D eigenvalue weighted by Crippen LogP contribution is 2.32. The van der Waals surface area contributed by atoms with E-state index >= 15 is 0 Å². The minimum absolute atomic E-state index is 0. The molecule has 0 saturated heterocycles. The maximum absolute atomic E-state index is 11.1. The fourth-order valence-corrected chi connectivity index (χ4v) is 3.29. The minimum atomic E-state index is 0. The van der Waals surface area contributed by atoms with Gasteiger partial charge in [-0.25, -0.2) is 9.97 Å². The molecule has 0 bridgehead atoms. The number of nitrogens with zero attached hydrogens (tertiary/aromatic N) is 3. The van der Waals surface area contributed by atoms with E-state index in [0.717, 1.165) is 21.6 Å². The lowest BCUT2D eigenvalue weighted by atomic mass is 10.1. The van der Waals surface area contributed by atoms with Gasteiger partial charge in [0.05, 0.1) is 33.8 Å². The molecule has 0 spiro atoms. The normalized spacial score (nSPS) is 9.24. The summed E-state index contributed by atoms with van der Waals surface area (Å²) in [5.74, 6) is 0.794. The van der Waals surface area contributed by atoms with Crippen LogP contribution in [0.15, 0.2) is 54.2 Å². The van der Waals surface area contributed by atoms with Crippen molar-refractivity contribution in [2.24, 2.45) is 5.92 Å². The van der Waals surface area contributed by atoms with Crippen molar-refractivity contribution in [1.82, 2.24) is 20.2 Å². The van der Waals surface area contributed by atoms with Crippen LogP contribution in [-0.2, 0) is 0 Å². The Bertz CT molecular complexity index is 1060. The molecule has 0 atom stereocenters. The highest BCUT2D eigenvalue weighted by Gasteiger charge is 2.14. The number of nitrogens with one attached hydrogen (secondary N) is 1. The zero-order valence-electron chi connectivity index (χ0n) is 16.9. The summed E-state index contributed by atoms with van der Waals surface area (Å²) >= 11 is 1.64. The molecular formula is C27H44N4O2S. The van der Waals surface area contributed by atoms with E-state index in [1.165, 1.54) is 0 Å². The van der Waals surface area contributed by atoms with Crippen LogP contribution in [0.1, 0.15) is 75.2 Å². The summed E-state index contributed by atoms with van der Waals surface area (Å²) in [6.45, 7) is 7.73. The van der Waals surface area contributed by atoms with Crippen LogP contribution in [0.5, 0.6) is 5.88 Å². The third-order valence-electron chi connectivity index (χ3n) is 3.95. The fourth-order valence-electron chi connectivity index (χ4n) is 2.58. The largest absolute Gasteiger partial charge is 0.473 e. The van der Waals surface area contributed by atoms with E-state index in [2.05, 4.69) is 15.2 Å². The van der Waals surface area contributed by atoms with Crippen LogP contribution in [0.2, 0.25) is 0 Å². The summed E-state index contributed by atoms with van der Waals surface area (Å²) < 4.78 is 5.81. The Labute approximate surface area is 210 Å². The molecule has 0 aliphatic heterocycles. The van der Waals surface area contributed by atoms with Crippen molar-refractivity contribution in [1.29, 1.82) is 0 Å². The SMILES string of the molecule is C.C.C.C.C.CC(C)C(=O)c1cn[nH]c1.CC(C)Oc1nc2ccccc2nc1-c1cccs1. The third kappa shape index (κ3) is 9.06. The van der Waals surface area contributed by atoms with Crippen molar-refractivity contribution in [2.45, 2.75) is 70.9 Å². The van der Waals surface area contributed by atoms with Gasteiger partial charge in [0.2, 0.25) is 5.88 Å². The first-order valence-electron chi connectivity index (χ1n) is 9.46. The quantitative estimate of drug-likeness (QED) is 0.284. The molecule has 3 heterocycles. The fraction of sp³-hybridized carbons (Fsp3) is 0.407. The smallest absolute Gasteiger partial charge is 0.242 e. The van der Waals surface area contributed by atoms with Crippen molar-refractivity contribution in [3.8, 4) is 16.5 Å². The number of aromatic amines is 1. The average Bonchev–Trinajstić information content (AvgIpc) is 3.41. The van der Waals surface area contributed by atoms with Crippen molar-refractivity contribution >= 4 is 28.2 Å². The van der Waals surface area contributed by atoms with E-state index in [4.69, 9.17) is 9.72 Å². The molecule has 34 heavy (non-hydrogen) atoms. The standard InChI is InChI=1S/C15H14N2OS.C7H10N2O.5CH4/c1-10(2)18-15-14(13-8-5-9-19-13)16-11-6-3-4-7-12(11)17-15;1-5(2)7(10)6-3-8-9-4-6;;;;;/h3-10H,1-2H3;3-5H,1-2H3,(H,8,9);5*1H4. The number of thiophene rings is 1. The molecule has 0 fully saturated rings. The molecule has 6 nitrogen and oxygen atoms in total. The summed E-state index contributed by atoms with van der Waals surface area (Å²) in [6.07, 6.45) is 3.24. The number of fused-ring (bicyclic) bond motifs is 1. The van der Waals surface area contributed by atoms with Crippen molar-refractivity contribution < 1.29 is 9.53 Å². The Morgan fingerprint density at radius 2 is 1.53 bits per heavy atom. The zero-order valence-corrected chi connectivity index (χ0v) is 17.7. The molecule has 0 amide bonds. The number of ether oxygens (including phenoxy) is 1. The van der Waals surface area contributed by atoms with Gasteiger partial charge in [0.15, 0.2) is 5.78 Å². The molecule has 4 aromatic rings. The van der Waals surface area contributed by atoms with Crippen LogP contribution in [0.3, 0.4) is 0 Å². The molecule has 0 radical (unpaired) electrons. The highest BCUT2D eigenvalue weighted by atomic mass is 32.1. The number of benzene rings is 1. The van der Waals surface area contributed by atoms with Gasteiger partial charge in [-0.15, -0.1) is 11.3 Å². The Morgan fingerprint density at radius 3 is 2.00 bits per heavy atom. The lowest BCUT2D eigenvalue weighted by Gasteiger charge is -2.12. The summed E-state index contributed by atoms with van der Waals surface area (Å²) in [5, 5.41) is 8.31. The molecule has 7 heteroatoms. The topological polar surface area (TPSA) is 80.8 Å². The van der Waals surface area contributed by atoms with Gasteiger partial charge in [-0.05, 0) is 37.4 Å². The number of hydrogen-bond donors (Lipinski definition) is 1. The van der Waals surface area contributed by atoms with Crippen LogP contribution in [0, 0.1) is 5.92 Å². The highest BCUT2D eigenvalue weighted by molar-refractivity contribution is 7.13. The first-order valence-corrected chi connectivity index (χ1v) is 10.3. The van der Waals surface area contributed by atoms with E-state index in [1.807, 2.05) is 69.5 Å². The number of Topliss-reactive ketones (excluding diaryl/α,β-unsaturated/α-hetero) is 1. The number of aromatic nitrogens is 4. The van der Waals surface area contributed by atoms with E-state index in [1.54, 1.807) is 23.7 Å². The van der Waals surface area contributed by atoms with Gasteiger partial charge < -0.3 is 4.74 Å². The van der Waals surface area contributed by atoms with Crippen LogP contribution in [0.25, 0.3) is 21.6 Å². The number of hydrogen-bond acceptors (Lipinski definition) is 6. The Hall–Kier alpha value is -3.06. The molecule has 4 rings (SSSR count). The van der Waals surface area contributed by atoms with E-state index in [-0.39, 0.29) is 54.9 Å². The maximum Gasteiger partial charge on any atom is 0.242 e. The maximum atomic E-state index is 11.1. The average molecular weight is 489 g/mol. The number of para-hydroxylation sites is 2. The van der Waals surface area contributed by atoms with Gasteiger partial charge in [-0.1, -0.05) is 69.2 Å². The van der Waals surface area contributed by atoms with Gasteiger partial charge >= 0.3 is 0 Å². The summed E-state index contributed by atoms with van der Waals surface area (Å²) in [5.41, 5.74) is 3.23. The third-order valence-corrected chi connectivity index (χ3v) is 4.82. The van der Waals surface area contributed by atoms with Crippen molar-refractivity contribution in [2.75, 3.05) is 0 Å². The van der Waals surface area contributed by atoms with Gasteiger partial charge in [-0.2, -0.15) is 5.10 Å². The van der Waals surface area contributed by atoms with Crippen LogP contribution < -0.4 is 4.74 Å². The molecule has 0 unspecified atom stereocenters. The molecule has 0 aliphatic carbocycles. The Morgan fingerprint density at radius 1 is 0.912 bits per heavy atom. The second-order valence-electron chi connectivity index (χ2n) is 7.02. The molecular weight excluding hydrogens is 444 g/mol. The molecule has 3 aromatic heterocycles. The van der Waals surface area contributed by atoms with E-state index in [0.29, 0.717) is 11.4 Å². The minimum Gasteiger partial charge on any atom is -0.473 e. The molecule has 1 N–H and O–H groups in total. The van der Waals surface area contributed by atoms with Crippen LogP contribution in [0.4, 0.5) is 0 Å². The van der Waals surface area contributed by atoms with Gasteiger partial charge in [-0.3, -0.25) is 9.89 Å². The summed E-state index contributed by atoms with van der Waals surface area (Å²) in [7, 11) is 0. The monoisotopic (exact) mass is 488 g/mol. The number of carbonyl (C=O) groups excluding carboxylic acids is 1. The van der Waals surface area contributed by atoms with Gasteiger partial charge in [0.25, 0.3) is 0 Å². The predicted molar refractivity (Wildman–Crippen MR) is 150 cm³/mol. The van der Waals surface area contributed by atoms with E-state index < -0.39 is 0 Å². The van der Waals surface area contributed by atoms with Gasteiger partial charge in [0, 0.05) is 12.1 Å². The van der Waals surface area contributed by atoms with Crippen molar-refractivity contribution in [3.63, 3.8) is 0 Å². The second-order valence-corrected chi connectivity index (χ2v) is 7.96.